The molecule has 9 heteroatoms. The van der Waals surface area contributed by atoms with Gasteiger partial charge in [-0.3, -0.25) is 9.89 Å². The summed E-state index contributed by atoms with van der Waals surface area (Å²) in [5.41, 5.74) is 9.76. The van der Waals surface area contributed by atoms with E-state index in [4.69, 9.17) is 22.3 Å². The van der Waals surface area contributed by atoms with Crippen molar-refractivity contribution in [1.82, 2.24) is 30.4 Å². The highest BCUT2D eigenvalue weighted by Gasteiger charge is 2.25. The number of aromatic amines is 1. The largest absolute Gasteiger partial charge is 0.382 e. The van der Waals surface area contributed by atoms with E-state index in [-0.39, 0.29) is 23.5 Å². The van der Waals surface area contributed by atoms with Crippen LogP contribution in [0.1, 0.15) is 16.9 Å². The minimum absolute atomic E-state index is 0.0580. The van der Waals surface area contributed by atoms with Crippen LogP contribution in [0.5, 0.6) is 0 Å². The molecular formula is C23H22ClN7O. The number of aromatic nitrogens is 4. The highest BCUT2D eigenvalue weighted by molar-refractivity contribution is 6.35. The first kappa shape index (κ1) is 20.4. The number of likely N-dealkylation sites (tertiary alicyclic amines) is 1. The number of rotatable bonds is 4. The molecule has 4 N–H and O–H groups in total. The van der Waals surface area contributed by atoms with Crippen molar-refractivity contribution < 1.29 is 4.79 Å². The zero-order valence-electron chi connectivity index (χ0n) is 17.5. The molecule has 0 saturated carbocycles. The first-order valence-electron chi connectivity index (χ1n) is 10.3. The van der Waals surface area contributed by atoms with Gasteiger partial charge in [-0.15, -0.1) is 0 Å². The van der Waals surface area contributed by atoms with Crippen LogP contribution in [0.3, 0.4) is 0 Å². The fourth-order valence-electron chi connectivity index (χ4n) is 4.07. The summed E-state index contributed by atoms with van der Waals surface area (Å²) in [6, 6.07) is 13.4. The molecule has 2 aromatic carbocycles. The van der Waals surface area contributed by atoms with Gasteiger partial charge in [0.25, 0.3) is 5.91 Å². The third-order valence-corrected chi connectivity index (χ3v) is 5.98. The Balaban J connectivity index is 1.63. The monoisotopic (exact) mass is 447 g/mol. The molecule has 3 heterocycles. The lowest BCUT2D eigenvalue weighted by atomic mass is 10.0. The Morgan fingerprint density at radius 2 is 1.97 bits per heavy atom. The SMILES string of the molecule is CN1CCC(NC(=O)c2nc(-c3cc(Cl)c4[nH]ncc4c3)c(-c3ccccc3)nc2N)C1. The molecule has 0 bridgehead atoms. The molecule has 4 aromatic rings. The Morgan fingerprint density at radius 1 is 1.19 bits per heavy atom. The summed E-state index contributed by atoms with van der Waals surface area (Å²) in [6.07, 6.45) is 2.58. The van der Waals surface area contributed by atoms with Crippen molar-refractivity contribution in [3.05, 3.63) is 59.4 Å². The highest BCUT2D eigenvalue weighted by Crippen LogP contribution is 2.34. The Labute approximate surface area is 189 Å². The lowest BCUT2D eigenvalue weighted by Crippen LogP contribution is -2.37. The van der Waals surface area contributed by atoms with Gasteiger partial charge in [0.05, 0.1) is 28.1 Å². The second kappa shape index (κ2) is 8.22. The second-order valence-corrected chi connectivity index (χ2v) is 8.44. The first-order chi connectivity index (χ1) is 15.5. The van der Waals surface area contributed by atoms with E-state index in [1.54, 1.807) is 12.3 Å². The van der Waals surface area contributed by atoms with Crippen molar-refractivity contribution in [2.45, 2.75) is 12.5 Å². The first-order valence-corrected chi connectivity index (χ1v) is 10.7. The topological polar surface area (TPSA) is 113 Å². The number of likely N-dealkylation sites (N-methyl/N-ethyl adjacent to an activating group) is 1. The fraction of sp³-hybridized carbons (Fsp3) is 0.217. The average molecular weight is 448 g/mol. The van der Waals surface area contributed by atoms with Crippen LogP contribution in [0.25, 0.3) is 33.4 Å². The molecule has 32 heavy (non-hydrogen) atoms. The molecule has 8 nitrogen and oxygen atoms in total. The van der Waals surface area contributed by atoms with Gasteiger partial charge in [0.15, 0.2) is 11.5 Å². The maximum atomic E-state index is 13.0. The van der Waals surface area contributed by atoms with Crippen LogP contribution in [0.15, 0.2) is 48.7 Å². The predicted octanol–water partition coefficient (Wildman–Crippen LogP) is 3.36. The Bertz CT molecular complexity index is 1300. The number of nitrogens with zero attached hydrogens (tertiary/aromatic N) is 4. The molecule has 5 rings (SSSR count). The third kappa shape index (κ3) is 3.79. The summed E-state index contributed by atoms with van der Waals surface area (Å²) in [6.45, 7) is 1.73. The van der Waals surface area contributed by atoms with Crippen molar-refractivity contribution in [2.24, 2.45) is 0 Å². The van der Waals surface area contributed by atoms with E-state index < -0.39 is 0 Å². The van der Waals surface area contributed by atoms with Gasteiger partial charge in [0.2, 0.25) is 0 Å². The molecule has 0 spiro atoms. The zero-order chi connectivity index (χ0) is 22.2. The van der Waals surface area contributed by atoms with E-state index in [0.717, 1.165) is 41.5 Å². The normalized spacial score (nSPS) is 16.5. The number of carbonyl (C=O) groups is 1. The van der Waals surface area contributed by atoms with Crippen LogP contribution >= 0.6 is 11.6 Å². The van der Waals surface area contributed by atoms with Gasteiger partial charge in [-0.25, -0.2) is 9.97 Å². The van der Waals surface area contributed by atoms with Gasteiger partial charge >= 0.3 is 0 Å². The number of fused-ring (bicyclic) bond motifs is 1. The van der Waals surface area contributed by atoms with Gasteiger partial charge in [-0.1, -0.05) is 41.9 Å². The number of anilines is 1. The summed E-state index contributed by atoms with van der Waals surface area (Å²) in [7, 11) is 2.03. The molecule has 1 saturated heterocycles. The number of halogens is 1. The number of nitrogens with one attached hydrogen (secondary N) is 2. The van der Waals surface area contributed by atoms with Gasteiger partial charge in [-0.05, 0) is 32.1 Å². The lowest BCUT2D eigenvalue weighted by Gasteiger charge is -2.16. The van der Waals surface area contributed by atoms with Crippen molar-refractivity contribution in [3.63, 3.8) is 0 Å². The minimum atomic E-state index is -0.327. The molecule has 1 amide bonds. The quantitative estimate of drug-likeness (QED) is 0.442. The standard InChI is InChI=1S/C23H22ClN7O/c1-31-8-7-16(12-31)27-23(32)21-22(25)29-19(13-5-3-2-4-6-13)20(28-21)14-9-15-11-26-30-18(15)17(24)10-14/h2-6,9-11,16H,7-8,12H2,1H3,(H2,25,29)(H,26,30)(H,27,32). The maximum absolute atomic E-state index is 13.0. The van der Waals surface area contributed by atoms with E-state index in [1.165, 1.54) is 0 Å². The summed E-state index contributed by atoms with van der Waals surface area (Å²) >= 11 is 6.48. The smallest absolute Gasteiger partial charge is 0.274 e. The molecule has 1 atom stereocenters. The number of hydrogen-bond acceptors (Lipinski definition) is 6. The van der Waals surface area contributed by atoms with Crippen molar-refractivity contribution in [1.29, 1.82) is 0 Å². The predicted molar refractivity (Wildman–Crippen MR) is 125 cm³/mol. The van der Waals surface area contributed by atoms with E-state index >= 15 is 0 Å². The van der Waals surface area contributed by atoms with E-state index in [0.29, 0.717) is 16.4 Å². The molecule has 1 unspecified atom stereocenters. The summed E-state index contributed by atoms with van der Waals surface area (Å²) < 4.78 is 0. The number of nitrogen functional groups attached to an aromatic ring is 1. The summed E-state index contributed by atoms with van der Waals surface area (Å²) in [4.78, 5) is 24.5. The van der Waals surface area contributed by atoms with Crippen LogP contribution < -0.4 is 11.1 Å². The molecule has 162 valence electrons. The second-order valence-electron chi connectivity index (χ2n) is 8.03. The molecule has 1 aliphatic rings. The molecule has 1 aliphatic heterocycles. The lowest BCUT2D eigenvalue weighted by molar-refractivity contribution is 0.0934. The zero-order valence-corrected chi connectivity index (χ0v) is 18.2. The number of carbonyl (C=O) groups excluding carboxylic acids is 1. The highest BCUT2D eigenvalue weighted by atomic mass is 35.5. The Morgan fingerprint density at radius 3 is 2.72 bits per heavy atom. The van der Waals surface area contributed by atoms with Gasteiger partial charge in [-0.2, -0.15) is 5.10 Å². The van der Waals surface area contributed by atoms with E-state index in [2.05, 4.69) is 25.4 Å². The van der Waals surface area contributed by atoms with Gasteiger partial charge < -0.3 is 16.0 Å². The molecular weight excluding hydrogens is 426 g/mol. The molecule has 1 fully saturated rings. The third-order valence-electron chi connectivity index (χ3n) is 5.69. The summed E-state index contributed by atoms with van der Waals surface area (Å²) in [5, 5.41) is 11.3. The van der Waals surface area contributed by atoms with Crippen molar-refractivity contribution in [2.75, 3.05) is 25.9 Å². The van der Waals surface area contributed by atoms with Gasteiger partial charge in [0.1, 0.15) is 0 Å². The van der Waals surface area contributed by atoms with Crippen LogP contribution in [0, 0.1) is 0 Å². The van der Waals surface area contributed by atoms with Crippen molar-refractivity contribution >= 4 is 34.2 Å². The number of benzene rings is 2. The van der Waals surface area contributed by atoms with E-state index in [9.17, 15) is 4.79 Å². The van der Waals surface area contributed by atoms with Crippen LogP contribution in [0.2, 0.25) is 5.02 Å². The molecule has 0 aliphatic carbocycles. The average Bonchev–Trinajstić information content (AvgIpc) is 3.43. The number of H-pyrrole nitrogens is 1. The Hall–Kier alpha value is -3.49. The van der Waals surface area contributed by atoms with Crippen LogP contribution in [-0.4, -0.2) is 57.2 Å². The number of amides is 1. The van der Waals surface area contributed by atoms with Crippen LogP contribution in [-0.2, 0) is 0 Å². The fourth-order valence-corrected chi connectivity index (χ4v) is 4.34. The van der Waals surface area contributed by atoms with Crippen LogP contribution in [0.4, 0.5) is 5.82 Å². The Kier molecular flexibility index (Phi) is 5.24. The summed E-state index contributed by atoms with van der Waals surface area (Å²) in [5.74, 6) is -0.237. The van der Waals surface area contributed by atoms with E-state index in [1.807, 2.05) is 43.4 Å². The molecule has 0 radical (unpaired) electrons. The van der Waals surface area contributed by atoms with Gasteiger partial charge in [0, 0.05) is 29.1 Å². The molecule has 2 aromatic heterocycles. The maximum Gasteiger partial charge on any atom is 0.274 e. The number of hydrogen-bond donors (Lipinski definition) is 3. The minimum Gasteiger partial charge on any atom is -0.382 e. The number of nitrogens with two attached hydrogens (primary N) is 1. The van der Waals surface area contributed by atoms with Crippen molar-refractivity contribution in [3.8, 4) is 22.5 Å².